The van der Waals surface area contributed by atoms with Crippen LogP contribution >= 0.6 is 11.3 Å². The molecular weight excluding hydrogens is 370 g/mol. The second-order valence-corrected chi connectivity index (χ2v) is 6.68. The van der Waals surface area contributed by atoms with E-state index >= 15 is 0 Å². The van der Waals surface area contributed by atoms with Crippen molar-refractivity contribution in [2.45, 2.75) is 20.3 Å². The summed E-state index contributed by atoms with van der Waals surface area (Å²) < 4.78 is 4.65. The number of methoxy groups -OCH3 is 1. The van der Waals surface area contributed by atoms with Crippen LogP contribution in [0, 0.1) is 6.92 Å². The average molecular weight is 389 g/mol. The molecule has 2 amide bonds. The van der Waals surface area contributed by atoms with Crippen LogP contribution in [0.2, 0.25) is 0 Å². The van der Waals surface area contributed by atoms with E-state index in [1.807, 2.05) is 0 Å². The van der Waals surface area contributed by atoms with Gasteiger partial charge in [0.25, 0.3) is 0 Å². The lowest BCUT2D eigenvalue weighted by Gasteiger charge is -2.06. The minimum absolute atomic E-state index is 0.0247. The molecular formula is C18H19N3O5S. The highest BCUT2D eigenvalue weighted by Gasteiger charge is 2.17. The number of nitrogens with zero attached hydrogens (tertiary/aromatic N) is 1. The number of ketones is 1. The molecule has 0 radical (unpaired) electrons. The summed E-state index contributed by atoms with van der Waals surface area (Å²) in [5.74, 6) is -1.40. The van der Waals surface area contributed by atoms with E-state index in [4.69, 9.17) is 0 Å². The fourth-order valence-corrected chi connectivity index (χ4v) is 3.24. The number of hydrogen-bond donors (Lipinski definition) is 2. The van der Waals surface area contributed by atoms with Gasteiger partial charge in [0.15, 0.2) is 10.9 Å². The highest BCUT2D eigenvalue weighted by Crippen LogP contribution is 2.22. The van der Waals surface area contributed by atoms with E-state index in [-0.39, 0.29) is 30.6 Å². The molecule has 2 rings (SSSR count). The van der Waals surface area contributed by atoms with Crippen LogP contribution < -0.4 is 10.6 Å². The molecule has 2 N–H and O–H groups in total. The van der Waals surface area contributed by atoms with Crippen LogP contribution in [-0.2, 0) is 20.7 Å². The van der Waals surface area contributed by atoms with Crippen LogP contribution in [0.4, 0.5) is 5.13 Å². The van der Waals surface area contributed by atoms with E-state index in [9.17, 15) is 19.2 Å². The molecule has 0 bridgehead atoms. The predicted molar refractivity (Wildman–Crippen MR) is 100.0 cm³/mol. The van der Waals surface area contributed by atoms with Crippen LogP contribution in [0.25, 0.3) is 0 Å². The van der Waals surface area contributed by atoms with Gasteiger partial charge in [-0.25, -0.2) is 9.78 Å². The van der Waals surface area contributed by atoms with E-state index in [1.54, 1.807) is 31.2 Å². The second kappa shape index (κ2) is 9.04. The number of carbonyl (C=O) groups excluding carboxylic acids is 4. The van der Waals surface area contributed by atoms with E-state index in [0.717, 1.165) is 11.3 Å². The van der Waals surface area contributed by atoms with Gasteiger partial charge in [-0.05, 0) is 24.6 Å². The summed E-state index contributed by atoms with van der Waals surface area (Å²) in [6, 6.07) is 6.53. The zero-order valence-corrected chi connectivity index (χ0v) is 15.9. The molecule has 0 atom stereocenters. The van der Waals surface area contributed by atoms with Gasteiger partial charge in [0, 0.05) is 6.92 Å². The molecule has 27 heavy (non-hydrogen) atoms. The van der Waals surface area contributed by atoms with Gasteiger partial charge in [-0.2, -0.15) is 0 Å². The van der Waals surface area contributed by atoms with Crippen LogP contribution in [-0.4, -0.2) is 42.2 Å². The van der Waals surface area contributed by atoms with Crippen molar-refractivity contribution in [3.8, 4) is 0 Å². The highest BCUT2D eigenvalue weighted by molar-refractivity contribution is 7.17. The maximum atomic E-state index is 12.3. The van der Waals surface area contributed by atoms with Crippen molar-refractivity contribution >= 4 is 40.0 Å². The summed E-state index contributed by atoms with van der Waals surface area (Å²) in [6.45, 7) is 2.83. The smallest absolute Gasteiger partial charge is 0.337 e. The molecule has 0 aliphatic carbocycles. The number of amides is 2. The summed E-state index contributed by atoms with van der Waals surface area (Å²) in [7, 11) is 1.28. The summed E-state index contributed by atoms with van der Waals surface area (Å²) in [4.78, 5) is 51.5. The van der Waals surface area contributed by atoms with Gasteiger partial charge >= 0.3 is 5.97 Å². The van der Waals surface area contributed by atoms with Gasteiger partial charge in [0.1, 0.15) is 0 Å². The van der Waals surface area contributed by atoms with Crippen molar-refractivity contribution < 1.29 is 23.9 Å². The minimum Gasteiger partial charge on any atom is -0.465 e. The Morgan fingerprint density at radius 3 is 2.63 bits per heavy atom. The molecule has 0 aliphatic rings. The number of thiazole rings is 1. The third-order valence-electron chi connectivity index (χ3n) is 3.49. The van der Waals surface area contributed by atoms with Gasteiger partial charge in [-0.15, -0.1) is 0 Å². The van der Waals surface area contributed by atoms with Gasteiger partial charge < -0.3 is 15.4 Å². The number of anilines is 1. The van der Waals surface area contributed by atoms with Gasteiger partial charge in [-0.3, -0.25) is 14.4 Å². The minimum atomic E-state index is -0.483. The van der Waals surface area contributed by atoms with Gasteiger partial charge in [0.2, 0.25) is 11.8 Å². The van der Waals surface area contributed by atoms with Crippen LogP contribution in [0.1, 0.15) is 38.2 Å². The van der Waals surface area contributed by atoms with Gasteiger partial charge in [0.05, 0.1) is 36.2 Å². The summed E-state index contributed by atoms with van der Waals surface area (Å²) in [6.07, 6.45) is 0.0247. The van der Waals surface area contributed by atoms with Crippen LogP contribution in [0.5, 0.6) is 0 Å². The Morgan fingerprint density at radius 1 is 1.22 bits per heavy atom. The van der Waals surface area contributed by atoms with Crippen molar-refractivity contribution in [3.05, 3.63) is 46.0 Å². The molecule has 2 aromatic rings. The number of ether oxygens (including phenoxy) is 1. The van der Waals surface area contributed by atoms with Gasteiger partial charge in [-0.1, -0.05) is 23.5 Å². The van der Waals surface area contributed by atoms with Crippen molar-refractivity contribution in [1.82, 2.24) is 10.3 Å². The molecule has 9 heteroatoms. The average Bonchev–Trinajstić information content (AvgIpc) is 2.98. The quantitative estimate of drug-likeness (QED) is 0.551. The standard InChI is InChI=1S/C18H19N3O5S/c1-10-16(27-18(20-10)21-11(2)22)14(23)9-19-15(24)8-12-5-4-6-13(7-12)17(25)26-3/h4-7H,8-9H2,1-3H3,(H,19,24)(H,20,21,22). The number of aromatic nitrogens is 1. The largest absolute Gasteiger partial charge is 0.465 e. The maximum Gasteiger partial charge on any atom is 0.337 e. The highest BCUT2D eigenvalue weighted by atomic mass is 32.1. The number of carbonyl (C=O) groups is 4. The Kier molecular flexibility index (Phi) is 6.78. The lowest BCUT2D eigenvalue weighted by atomic mass is 10.1. The Labute approximate surface area is 159 Å². The normalized spacial score (nSPS) is 10.2. The number of Topliss-reactive ketones (excluding diaryl/α,β-unsaturated/α-hetero) is 1. The molecule has 1 heterocycles. The molecule has 142 valence electrons. The Morgan fingerprint density at radius 2 is 1.96 bits per heavy atom. The number of nitrogens with one attached hydrogen (secondary N) is 2. The van der Waals surface area contributed by atoms with E-state index in [1.165, 1.54) is 14.0 Å². The zero-order chi connectivity index (χ0) is 20.0. The molecule has 0 unspecified atom stereocenters. The third-order valence-corrected chi connectivity index (χ3v) is 4.61. The summed E-state index contributed by atoms with van der Waals surface area (Å²) in [5, 5.41) is 5.43. The molecule has 0 fully saturated rings. The summed E-state index contributed by atoms with van der Waals surface area (Å²) >= 11 is 1.06. The maximum absolute atomic E-state index is 12.3. The first-order valence-electron chi connectivity index (χ1n) is 8.02. The number of esters is 1. The van der Waals surface area contributed by atoms with Crippen molar-refractivity contribution in [2.75, 3.05) is 19.0 Å². The predicted octanol–water partition coefficient (Wildman–Crippen LogP) is 1.74. The lowest BCUT2D eigenvalue weighted by Crippen LogP contribution is -2.30. The number of aryl methyl sites for hydroxylation is 1. The molecule has 0 saturated heterocycles. The Bertz CT molecular complexity index is 891. The second-order valence-electron chi connectivity index (χ2n) is 5.68. The third kappa shape index (κ3) is 5.71. The Hall–Kier alpha value is -3.07. The number of benzene rings is 1. The first-order valence-corrected chi connectivity index (χ1v) is 8.84. The van der Waals surface area contributed by atoms with Crippen LogP contribution in [0.15, 0.2) is 24.3 Å². The molecule has 0 spiro atoms. The molecule has 0 aliphatic heterocycles. The first-order chi connectivity index (χ1) is 12.8. The van der Waals surface area contributed by atoms with E-state index in [2.05, 4.69) is 20.4 Å². The molecule has 8 nitrogen and oxygen atoms in total. The SMILES string of the molecule is COC(=O)c1cccc(CC(=O)NCC(=O)c2sc(NC(C)=O)nc2C)c1. The van der Waals surface area contributed by atoms with Crippen molar-refractivity contribution in [2.24, 2.45) is 0 Å². The van der Waals surface area contributed by atoms with Crippen molar-refractivity contribution in [1.29, 1.82) is 0 Å². The van der Waals surface area contributed by atoms with E-state index in [0.29, 0.717) is 26.8 Å². The molecule has 0 saturated carbocycles. The zero-order valence-electron chi connectivity index (χ0n) is 15.1. The number of hydrogen-bond acceptors (Lipinski definition) is 7. The lowest BCUT2D eigenvalue weighted by molar-refractivity contribution is -0.120. The molecule has 1 aromatic heterocycles. The number of rotatable bonds is 7. The monoisotopic (exact) mass is 389 g/mol. The summed E-state index contributed by atoms with van der Waals surface area (Å²) in [5.41, 5.74) is 1.48. The van der Waals surface area contributed by atoms with Crippen LogP contribution in [0.3, 0.4) is 0 Å². The molecule has 1 aromatic carbocycles. The first kappa shape index (κ1) is 20.2. The van der Waals surface area contributed by atoms with Crippen molar-refractivity contribution in [3.63, 3.8) is 0 Å². The topological polar surface area (TPSA) is 114 Å². The van der Waals surface area contributed by atoms with E-state index < -0.39 is 5.97 Å². The fourth-order valence-electron chi connectivity index (χ4n) is 2.29. The fraction of sp³-hybridized carbons (Fsp3) is 0.278. The Balaban J connectivity index is 1.94.